The van der Waals surface area contributed by atoms with Crippen LogP contribution in [0.15, 0.2) is 18.2 Å². The first-order valence-electron chi connectivity index (χ1n) is 5.80. The van der Waals surface area contributed by atoms with Gasteiger partial charge in [0.2, 0.25) is 5.91 Å². The normalized spacial score (nSPS) is 16.0. The van der Waals surface area contributed by atoms with Crippen LogP contribution in [-0.4, -0.2) is 28.3 Å². The SMILES string of the molecule is Cn1nc(N2CCC(=O)NC2=O)c2ccc(F)cc21. The van der Waals surface area contributed by atoms with E-state index in [-0.39, 0.29) is 24.7 Å². The zero-order valence-corrected chi connectivity index (χ0v) is 10.2. The molecule has 0 radical (unpaired) electrons. The van der Waals surface area contributed by atoms with Crippen molar-refractivity contribution in [1.29, 1.82) is 0 Å². The molecule has 2 heterocycles. The van der Waals surface area contributed by atoms with Gasteiger partial charge in [0.15, 0.2) is 5.82 Å². The monoisotopic (exact) mass is 262 g/mol. The van der Waals surface area contributed by atoms with Gasteiger partial charge in [-0.05, 0) is 18.2 Å². The van der Waals surface area contributed by atoms with Gasteiger partial charge in [0.25, 0.3) is 0 Å². The molecule has 2 aromatic rings. The van der Waals surface area contributed by atoms with Crippen molar-refractivity contribution >= 4 is 28.7 Å². The summed E-state index contributed by atoms with van der Waals surface area (Å²) in [5, 5.41) is 7.15. The van der Waals surface area contributed by atoms with Crippen LogP contribution in [0.5, 0.6) is 0 Å². The Morgan fingerprint density at radius 2 is 2.16 bits per heavy atom. The van der Waals surface area contributed by atoms with Gasteiger partial charge in [-0.25, -0.2) is 9.18 Å². The van der Waals surface area contributed by atoms with E-state index in [1.54, 1.807) is 13.1 Å². The van der Waals surface area contributed by atoms with Crippen molar-refractivity contribution in [1.82, 2.24) is 15.1 Å². The van der Waals surface area contributed by atoms with Gasteiger partial charge in [-0.15, -0.1) is 0 Å². The molecule has 0 spiro atoms. The van der Waals surface area contributed by atoms with Gasteiger partial charge in [0.05, 0.1) is 5.52 Å². The fraction of sp³-hybridized carbons (Fsp3) is 0.250. The lowest BCUT2D eigenvalue weighted by molar-refractivity contribution is -0.120. The predicted molar refractivity (Wildman–Crippen MR) is 66.2 cm³/mol. The lowest BCUT2D eigenvalue weighted by Crippen LogP contribution is -2.49. The number of carbonyl (C=O) groups excluding carboxylic acids is 2. The van der Waals surface area contributed by atoms with Crippen LogP contribution >= 0.6 is 0 Å². The van der Waals surface area contributed by atoms with E-state index in [0.717, 1.165) is 0 Å². The lowest BCUT2D eigenvalue weighted by atomic mass is 10.2. The molecule has 6 nitrogen and oxygen atoms in total. The minimum atomic E-state index is -0.499. The highest BCUT2D eigenvalue weighted by atomic mass is 19.1. The van der Waals surface area contributed by atoms with Crippen molar-refractivity contribution in [2.45, 2.75) is 6.42 Å². The number of aryl methyl sites for hydroxylation is 1. The Balaban J connectivity index is 2.10. The number of aromatic nitrogens is 2. The molecule has 0 bridgehead atoms. The maximum absolute atomic E-state index is 13.2. The van der Waals surface area contributed by atoms with Crippen molar-refractivity contribution in [3.05, 3.63) is 24.0 Å². The second-order valence-electron chi connectivity index (χ2n) is 4.36. The molecule has 3 amide bonds. The van der Waals surface area contributed by atoms with Crippen molar-refractivity contribution < 1.29 is 14.0 Å². The Morgan fingerprint density at radius 1 is 1.37 bits per heavy atom. The Hall–Kier alpha value is -2.44. The number of nitrogens with one attached hydrogen (secondary N) is 1. The second-order valence-corrected chi connectivity index (χ2v) is 4.36. The number of fused-ring (bicyclic) bond motifs is 1. The molecule has 7 heteroatoms. The number of halogens is 1. The molecule has 1 N–H and O–H groups in total. The molecule has 19 heavy (non-hydrogen) atoms. The summed E-state index contributed by atoms with van der Waals surface area (Å²) in [6.07, 6.45) is 0.227. The van der Waals surface area contributed by atoms with Crippen LogP contribution in [0.2, 0.25) is 0 Å². The smallest absolute Gasteiger partial charge is 0.278 e. The van der Waals surface area contributed by atoms with Gasteiger partial charge < -0.3 is 0 Å². The van der Waals surface area contributed by atoms with Crippen LogP contribution in [-0.2, 0) is 11.8 Å². The van der Waals surface area contributed by atoms with E-state index < -0.39 is 6.03 Å². The lowest BCUT2D eigenvalue weighted by Gasteiger charge is -2.24. The number of amides is 3. The Bertz CT molecular complexity index is 694. The number of hydrogen-bond donors (Lipinski definition) is 1. The molecule has 0 atom stereocenters. The number of rotatable bonds is 1. The third kappa shape index (κ3) is 1.83. The number of anilines is 1. The number of imide groups is 1. The highest BCUT2D eigenvalue weighted by molar-refractivity contribution is 6.08. The molecular weight excluding hydrogens is 251 g/mol. The topological polar surface area (TPSA) is 67.2 Å². The highest BCUT2D eigenvalue weighted by Crippen LogP contribution is 2.27. The largest absolute Gasteiger partial charge is 0.329 e. The van der Waals surface area contributed by atoms with Gasteiger partial charge in [-0.1, -0.05) is 0 Å². The molecule has 1 aromatic carbocycles. The average Bonchev–Trinajstić information content (AvgIpc) is 2.66. The van der Waals surface area contributed by atoms with E-state index in [4.69, 9.17) is 0 Å². The summed E-state index contributed by atoms with van der Waals surface area (Å²) in [6, 6.07) is 3.76. The average molecular weight is 262 g/mol. The molecule has 1 aliphatic rings. The standard InChI is InChI=1S/C12H11FN4O2/c1-16-9-6-7(13)2-3-8(9)11(15-16)17-5-4-10(18)14-12(17)19/h2-3,6H,4-5H2,1H3,(H,14,18,19). The van der Waals surface area contributed by atoms with Crippen molar-refractivity contribution in [2.24, 2.45) is 7.05 Å². The van der Waals surface area contributed by atoms with Crippen LogP contribution in [0.1, 0.15) is 6.42 Å². The quantitative estimate of drug-likeness (QED) is 0.838. The molecule has 98 valence electrons. The third-order valence-electron chi connectivity index (χ3n) is 3.10. The van der Waals surface area contributed by atoms with Crippen LogP contribution in [0, 0.1) is 5.82 Å². The fourth-order valence-electron chi connectivity index (χ4n) is 2.18. The van der Waals surface area contributed by atoms with Gasteiger partial charge in [0.1, 0.15) is 5.82 Å². The molecule has 1 aliphatic heterocycles. The number of benzene rings is 1. The summed E-state index contributed by atoms with van der Waals surface area (Å²) in [5.41, 5.74) is 0.597. The Kier molecular flexibility index (Phi) is 2.48. The molecule has 1 saturated heterocycles. The first-order chi connectivity index (χ1) is 9.06. The zero-order valence-electron chi connectivity index (χ0n) is 10.2. The van der Waals surface area contributed by atoms with Crippen molar-refractivity contribution in [3.63, 3.8) is 0 Å². The minimum absolute atomic E-state index is 0.227. The van der Waals surface area contributed by atoms with E-state index in [0.29, 0.717) is 16.7 Å². The van der Waals surface area contributed by atoms with Gasteiger partial charge in [-0.2, -0.15) is 5.10 Å². The molecule has 0 aliphatic carbocycles. The number of urea groups is 1. The van der Waals surface area contributed by atoms with Crippen LogP contribution in [0.4, 0.5) is 15.0 Å². The number of carbonyl (C=O) groups is 2. The van der Waals surface area contributed by atoms with E-state index in [9.17, 15) is 14.0 Å². The maximum atomic E-state index is 13.2. The van der Waals surface area contributed by atoms with Gasteiger partial charge in [0, 0.05) is 25.4 Å². The van der Waals surface area contributed by atoms with Crippen LogP contribution in [0.3, 0.4) is 0 Å². The Morgan fingerprint density at radius 3 is 2.89 bits per heavy atom. The summed E-state index contributed by atoms with van der Waals surface area (Å²) >= 11 is 0. The fourth-order valence-corrected chi connectivity index (χ4v) is 2.18. The van der Waals surface area contributed by atoms with Crippen molar-refractivity contribution in [3.8, 4) is 0 Å². The highest BCUT2D eigenvalue weighted by Gasteiger charge is 2.27. The first kappa shape index (κ1) is 11.6. The van der Waals surface area contributed by atoms with E-state index in [1.807, 2.05) is 0 Å². The number of nitrogens with zero attached hydrogens (tertiary/aromatic N) is 3. The minimum Gasteiger partial charge on any atom is -0.278 e. The second kappa shape index (κ2) is 4.04. The molecular formula is C12H11FN4O2. The summed E-state index contributed by atoms with van der Waals surface area (Å²) in [5.74, 6) is -0.227. The summed E-state index contributed by atoms with van der Waals surface area (Å²) in [7, 11) is 1.68. The summed E-state index contributed by atoms with van der Waals surface area (Å²) in [6.45, 7) is 0.272. The molecule has 0 saturated carbocycles. The molecule has 1 aromatic heterocycles. The maximum Gasteiger partial charge on any atom is 0.329 e. The van der Waals surface area contributed by atoms with E-state index in [1.165, 1.54) is 21.7 Å². The van der Waals surface area contributed by atoms with Gasteiger partial charge >= 0.3 is 6.03 Å². The number of hydrogen-bond acceptors (Lipinski definition) is 3. The third-order valence-corrected chi connectivity index (χ3v) is 3.10. The van der Waals surface area contributed by atoms with E-state index in [2.05, 4.69) is 10.4 Å². The summed E-state index contributed by atoms with van der Waals surface area (Å²) < 4.78 is 14.7. The molecule has 0 unspecified atom stereocenters. The first-order valence-corrected chi connectivity index (χ1v) is 5.80. The van der Waals surface area contributed by atoms with E-state index >= 15 is 0 Å². The van der Waals surface area contributed by atoms with Crippen LogP contribution < -0.4 is 10.2 Å². The zero-order chi connectivity index (χ0) is 13.6. The predicted octanol–water partition coefficient (Wildman–Crippen LogP) is 1.16. The molecule has 3 rings (SSSR count). The Labute approximate surface area is 107 Å². The van der Waals surface area contributed by atoms with Crippen molar-refractivity contribution in [2.75, 3.05) is 11.4 Å². The van der Waals surface area contributed by atoms with Gasteiger partial charge in [-0.3, -0.25) is 19.7 Å². The van der Waals surface area contributed by atoms with Crippen LogP contribution in [0.25, 0.3) is 10.9 Å². The summed E-state index contributed by atoms with van der Waals surface area (Å²) in [4.78, 5) is 24.3. The molecule has 1 fully saturated rings.